The Balaban J connectivity index is 1.45. The predicted octanol–water partition coefficient (Wildman–Crippen LogP) is 2.05. The highest BCUT2D eigenvalue weighted by molar-refractivity contribution is 7.99. The maximum Gasteiger partial charge on any atom is 0.264 e. The number of halogens is 1. The van der Waals surface area contributed by atoms with Crippen molar-refractivity contribution in [2.24, 2.45) is 5.10 Å². The molecule has 3 rings (SSSR count). The summed E-state index contributed by atoms with van der Waals surface area (Å²) in [6, 6.07) is 9.79. The number of aromatic nitrogens is 3. The fourth-order valence-corrected chi connectivity index (χ4v) is 3.23. The minimum atomic E-state index is -0.313. The molecule has 0 aliphatic heterocycles. The summed E-state index contributed by atoms with van der Waals surface area (Å²) in [5.74, 6) is 5.77. The minimum Gasteiger partial charge on any atom is -0.351 e. The van der Waals surface area contributed by atoms with Gasteiger partial charge in [0, 0.05) is 11.4 Å². The molecule has 0 fully saturated rings. The summed E-state index contributed by atoms with van der Waals surface area (Å²) < 4.78 is 14.1. The molecule has 0 saturated carbocycles. The molecule has 8 nitrogen and oxygen atoms in total. The lowest BCUT2D eigenvalue weighted by molar-refractivity contribution is -0.118. The Morgan fingerprint density at radius 1 is 1.33 bits per heavy atom. The first-order chi connectivity index (χ1) is 13.1. The van der Waals surface area contributed by atoms with Crippen LogP contribution in [0, 0.1) is 5.82 Å². The van der Waals surface area contributed by atoms with Crippen molar-refractivity contribution in [3.05, 3.63) is 58.0 Å². The number of hydrogen-bond acceptors (Lipinski definition) is 8. The zero-order valence-electron chi connectivity index (χ0n) is 14.0. The smallest absolute Gasteiger partial charge is 0.264 e. The van der Waals surface area contributed by atoms with Crippen molar-refractivity contribution in [3.63, 3.8) is 0 Å². The van der Waals surface area contributed by atoms with E-state index in [1.165, 1.54) is 16.8 Å². The second kappa shape index (κ2) is 9.14. The molecule has 3 aromatic rings. The quantitative estimate of drug-likeness (QED) is 0.229. The highest BCUT2D eigenvalue weighted by Crippen LogP contribution is 2.16. The molecule has 0 aliphatic carbocycles. The van der Waals surface area contributed by atoms with Crippen LogP contribution in [0.15, 0.2) is 52.0 Å². The molecule has 0 saturated heterocycles. The van der Waals surface area contributed by atoms with Gasteiger partial charge in [-0.15, -0.1) is 21.5 Å². The van der Waals surface area contributed by atoms with E-state index in [4.69, 9.17) is 5.84 Å². The van der Waals surface area contributed by atoms with Gasteiger partial charge in [-0.1, -0.05) is 30.0 Å². The van der Waals surface area contributed by atoms with Gasteiger partial charge in [0.05, 0.1) is 12.0 Å². The van der Waals surface area contributed by atoms with Gasteiger partial charge in [-0.25, -0.2) is 14.5 Å². The number of rotatable bonds is 8. The van der Waals surface area contributed by atoms with Crippen LogP contribution in [0.4, 0.5) is 10.3 Å². The van der Waals surface area contributed by atoms with E-state index in [0.717, 1.165) is 22.2 Å². The number of thiophene rings is 1. The highest BCUT2D eigenvalue weighted by atomic mass is 32.2. The standard InChI is InChI=1S/C16H16FN7OS2/c17-12-5-3-11(4-6-12)8-19-14(25)10-27-16-23-22-15(24(16)18)21-20-9-13-2-1-7-26-13/h1-7,9H,8,10,18H2,(H,19,25)(H,21,22)/b20-9+. The van der Waals surface area contributed by atoms with E-state index < -0.39 is 0 Å². The predicted molar refractivity (Wildman–Crippen MR) is 105 cm³/mol. The van der Waals surface area contributed by atoms with Crippen LogP contribution in [0.2, 0.25) is 0 Å². The third kappa shape index (κ3) is 5.53. The molecule has 0 bridgehead atoms. The van der Waals surface area contributed by atoms with Crippen LogP contribution in [0.5, 0.6) is 0 Å². The topological polar surface area (TPSA) is 110 Å². The van der Waals surface area contributed by atoms with Crippen LogP contribution in [-0.2, 0) is 11.3 Å². The van der Waals surface area contributed by atoms with E-state index >= 15 is 0 Å². The van der Waals surface area contributed by atoms with Crippen LogP contribution in [-0.4, -0.2) is 32.7 Å². The van der Waals surface area contributed by atoms with Crippen molar-refractivity contribution in [1.29, 1.82) is 0 Å². The number of thioether (sulfide) groups is 1. The Bertz CT molecular complexity index is 910. The molecule has 1 aromatic carbocycles. The Kier molecular flexibility index (Phi) is 6.39. The number of nitrogens with two attached hydrogens (primary N) is 1. The molecule has 11 heteroatoms. The van der Waals surface area contributed by atoms with Crippen LogP contribution in [0.1, 0.15) is 10.4 Å². The molecular weight excluding hydrogens is 389 g/mol. The molecule has 140 valence electrons. The first-order valence-electron chi connectivity index (χ1n) is 7.79. The van der Waals surface area contributed by atoms with Crippen molar-refractivity contribution >= 4 is 41.2 Å². The summed E-state index contributed by atoms with van der Waals surface area (Å²) in [6.07, 6.45) is 1.65. The van der Waals surface area contributed by atoms with E-state index in [1.807, 2.05) is 17.5 Å². The summed E-state index contributed by atoms with van der Waals surface area (Å²) in [6.45, 7) is 0.319. The fraction of sp³-hybridized carbons (Fsp3) is 0.125. The summed E-state index contributed by atoms with van der Waals surface area (Å²) >= 11 is 2.70. The molecule has 4 N–H and O–H groups in total. The number of carbonyl (C=O) groups is 1. The van der Waals surface area contributed by atoms with Gasteiger partial charge in [-0.2, -0.15) is 5.10 Å². The third-order valence-corrected chi connectivity index (χ3v) is 5.05. The van der Waals surface area contributed by atoms with Crippen molar-refractivity contribution in [1.82, 2.24) is 20.2 Å². The number of hydrazone groups is 1. The van der Waals surface area contributed by atoms with Crippen LogP contribution in [0.25, 0.3) is 0 Å². The lowest BCUT2D eigenvalue weighted by atomic mass is 10.2. The molecule has 0 radical (unpaired) electrons. The number of benzene rings is 1. The van der Waals surface area contributed by atoms with Gasteiger partial charge < -0.3 is 11.2 Å². The number of nitrogens with one attached hydrogen (secondary N) is 2. The SMILES string of the molecule is Nn1c(N/N=C/c2cccs2)nnc1SCC(=O)NCc1ccc(F)cc1. The number of carbonyl (C=O) groups excluding carboxylic acids is 1. The summed E-state index contributed by atoms with van der Waals surface area (Å²) in [5, 5.41) is 16.9. The molecule has 1 amide bonds. The second-order valence-corrected chi connectivity index (χ2v) is 7.18. The Morgan fingerprint density at radius 3 is 2.89 bits per heavy atom. The Labute approximate surface area is 162 Å². The van der Waals surface area contributed by atoms with Crippen molar-refractivity contribution in [3.8, 4) is 0 Å². The zero-order valence-corrected chi connectivity index (χ0v) is 15.6. The van der Waals surface area contributed by atoms with Gasteiger partial charge in [0.15, 0.2) is 0 Å². The minimum absolute atomic E-state index is 0.120. The van der Waals surface area contributed by atoms with Crippen molar-refractivity contribution in [2.45, 2.75) is 11.7 Å². The molecule has 0 atom stereocenters. The normalized spacial score (nSPS) is 11.0. The average Bonchev–Trinajstić information content (AvgIpc) is 3.30. The average molecular weight is 405 g/mol. The Morgan fingerprint density at radius 2 is 2.15 bits per heavy atom. The monoisotopic (exact) mass is 405 g/mol. The van der Waals surface area contributed by atoms with Gasteiger partial charge in [0.2, 0.25) is 11.1 Å². The van der Waals surface area contributed by atoms with Gasteiger partial charge in [0.25, 0.3) is 5.95 Å². The summed E-state index contributed by atoms with van der Waals surface area (Å²) in [5.41, 5.74) is 3.52. The van der Waals surface area contributed by atoms with Gasteiger partial charge >= 0.3 is 0 Å². The van der Waals surface area contributed by atoms with Crippen LogP contribution < -0.4 is 16.6 Å². The van der Waals surface area contributed by atoms with Gasteiger partial charge in [-0.05, 0) is 29.1 Å². The number of nitrogen functional groups attached to an aromatic ring is 1. The van der Waals surface area contributed by atoms with E-state index in [1.54, 1.807) is 29.7 Å². The van der Waals surface area contributed by atoms with Gasteiger partial charge in [0.1, 0.15) is 5.82 Å². The summed E-state index contributed by atoms with van der Waals surface area (Å²) in [7, 11) is 0. The fourth-order valence-electron chi connectivity index (χ4n) is 1.95. The number of anilines is 1. The summed E-state index contributed by atoms with van der Waals surface area (Å²) in [4.78, 5) is 12.9. The largest absolute Gasteiger partial charge is 0.351 e. The van der Waals surface area contributed by atoms with Crippen molar-refractivity contribution in [2.75, 3.05) is 17.0 Å². The van der Waals surface area contributed by atoms with Crippen LogP contribution >= 0.6 is 23.1 Å². The molecule has 0 spiro atoms. The first-order valence-corrected chi connectivity index (χ1v) is 9.65. The van der Waals surface area contributed by atoms with E-state index in [9.17, 15) is 9.18 Å². The third-order valence-electron chi connectivity index (χ3n) is 3.30. The molecule has 27 heavy (non-hydrogen) atoms. The molecule has 2 aromatic heterocycles. The first kappa shape index (κ1) is 18.9. The molecule has 2 heterocycles. The maximum atomic E-state index is 12.9. The van der Waals surface area contributed by atoms with Crippen LogP contribution in [0.3, 0.4) is 0 Å². The molecule has 0 aliphatic rings. The van der Waals surface area contributed by atoms with E-state index in [0.29, 0.717) is 11.7 Å². The zero-order chi connectivity index (χ0) is 19.1. The maximum absolute atomic E-state index is 12.9. The number of hydrogen-bond donors (Lipinski definition) is 3. The van der Waals surface area contributed by atoms with Gasteiger partial charge in [-0.3, -0.25) is 4.79 Å². The van der Waals surface area contributed by atoms with Crippen molar-refractivity contribution < 1.29 is 9.18 Å². The highest BCUT2D eigenvalue weighted by Gasteiger charge is 2.11. The Hall–Kier alpha value is -2.92. The second-order valence-electron chi connectivity index (χ2n) is 5.25. The lowest BCUT2D eigenvalue weighted by Crippen LogP contribution is -2.25. The lowest BCUT2D eigenvalue weighted by Gasteiger charge is -2.05. The molecular formula is C16H16FN7OS2. The van der Waals surface area contributed by atoms with E-state index in [2.05, 4.69) is 26.0 Å². The number of amides is 1. The molecule has 0 unspecified atom stereocenters. The number of nitrogens with zero attached hydrogens (tertiary/aromatic N) is 4. The van der Waals surface area contributed by atoms with E-state index in [-0.39, 0.29) is 23.4 Å².